The molecule has 2 aromatic heterocycles. The number of nitrogens with one attached hydrogen (secondary N) is 1. The van der Waals surface area contributed by atoms with Gasteiger partial charge in [-0.25, -0.2) is 14.8 Å². The maximum atomic E-state index is 13.9. The molecular formula is C37H38N4O5. The fourth-order valence-corrected chi connectivity index (χ4v) is 6.46. The lowest BCUT2D eigenvalue weighted by Crippen LogP contribution is -2.19. The van der Waals surface area contributed by atoms with Gasteiger partial charge in [-0.15, -0.1) is 0 Å². The van der Waals surface area contributed by atoms with Crippen LogP contribution in [0, 0.1) is 12.8 Å². The molecule has 1 aliphatic carbocycles. The Morgan fingerprint density at radius 3 is 2.41 bits per heavy atom. The van der Waals surface area contributed by atoms with Crippen LogP contribution in [-0.4, -0.2) is 45.7 Å². The number of para-hydroxylation sites is 1. The van der Waals surface area contributed by atoms with Gasteiger partial charge in [-0.05, 0) is 72.4 Å². The van der Waals surface area contributed by atoms with Crippen molar-refractivity contribution >= 4 is 28.7 Å². The second-order valence-corrected chi connectivity index (χ2v) is 11.9. The van der Waals surface area contributed by atoms with Crippen LogP contribution in [0.3, 0.4) is 0 Å². The molecular weight excluding hydrogens is 580 g/mol. The standard InChI is InChI=1S/C37H38N4O5/c1-23-17-33(46-3)29(20-32(23)45-2)34-28(18-24-9-5-4-6-10-24)21-38-37(39-34)40-35(42)31-19-27-11-7-8-12-30(27)41(31)22-25-13-15-26(16-14-25)36(43)44/h7-8,11-17,19-21,24H,4-6,9-10,18,22H2,1-3H3,(H,43,44)(H,38,39,40,42). The fraction of sp³-hybridized carbons (Fsp3) is 0.297. The predicted octanol–water partition coefficient (Wildman–Crippen LogP) is 7.55. The molecule has 1 amide bonds. The molecule has 0 bridgehead atoms. The van der Waals surface area contributed by atoms with Gasteiger partial charge < -0.3 is 19.1 Å². The Morgan fingerprint density at radius 2 is 1.70 bits per heavy atom. The summed E-state index contributed by atoms with van der Waals surface area (Å²) in [7, 11) is 3.29. The highest BCUT2D eigenvalue weighted by molar-refractivity contribution is 6.05. The lowest BCUT2D eigenvalue weighted by atomic mass is 9.84. The van der Waals surface area contributed by atoms with Gasteiger partial charge >= 0.3 is 5.97 Å². The van der Waals surface area contributed by atoms with E-state index in [4.69, 9.17) is 14.5 Å². The first-order chi connectivity index (χ1) is 22.3. The first-order valence-corrected chi connectivity index (χ1v) is 15.7. The number of hydrogen-bond donors (Lipinski definition) is 2. The number of ether oxygens (including phenoxy) is 2. The second kappa shape index (κ2) is 13.4. The summed E-state index contributed by atoms with van der Waals surface area (Å²) in [5.41, 5.74) is 5.86. The molecule has 46 heavy (non-hydrogen) atoms. The van der Waals surface area contributed by atoms with E-state index in [0.717, 1.165) is 45.3 Å². The smallest absolute Gasteiger partial charge is 0.335 e. The first kappa shape index (κ1) is 30.8. The van der Waals surface area contributed by atoms with E-state index >= 15 is 0 Å². The number of hydrogen-bond acceptors (Lipinski definition) is 6. The zero-order valence-electron chi connectivity index (χ0n) is 26.4. The number of amides is 1. The molecule has 0 unspecified atom stereocenters. The lowest BCUT2D eigenvalue weighted by Gasteiger charge is -2.23. The number of rotatable bonds is 10. The van der Waals surface area contributed by atoms with Crippen molar-refractivity contribution in [1.29, 1.82) is 0 Å². The fourth-order valence-electron chi connectivity index (χ4n) is 6.46. The highest BCUT2D eigenvalue weighted by Crippen LogP contribution is 2.38. The van der Waals surface area contributed by atoms with Crippen LogP contribution in [0.5, 0.6) is 11.5 Å². The minimum absolute atomic E-state index is 0.191. The van der Waals surface area contributed by atoms with E-state index in [9.17, 15) is 14.7 Å². The minimum atomic E-state index is -0.983. The summed E-state index contributed by atoms with van der Waals surface area (Å²) in [4.78, 5) is 34.8. The van der Waals surface area contributed by atoms with Crippen LogP contribution < -0.4 is 14.8 Å². The number of anilines is 1. The van der Waals surface area contributed by atoms with E-state index in [1.807, 2.05) is 60.2 Å². The van der Waals surface area contributed by atoms with Crippen molar-refractivity contribution < 1.29 is 24.2 Å². The van der Waals surface area contributed by atoms with Crippen molar-refractivity contribution in [2.24, 2.45) is 5.92 Å². The van der Waals surface area contributed by atoms with Crippen molar-refractivity contribution in [2.45, 2.75) is 52.0 Å². The molecule has 2 N–H and O–H groups in total. The third-order valence-corrected chi connectivity index (χ3v) is 8.88. The maximum Gasteiger partial charge on any atom is 0.335 e. The minimum Gasteiger partial charge on any atom is -0.496 e. The Hall–Kier alpha value is -5.18. The number of fused-ring (bicyclic) bond motifs is 1. The number of carbonyl (C=O) groups is 2. The zero-order chi connectivity index (χ0) is 32.2. The van der Waals surface area contributed by atoms with Gasteiger partial charge in [0.25, 0.3) is 5.91 Å². The molecule has 1 aliphatic rings. The number of aromatic carboxylic acids is 1. The van der Waals surface area contributed by atoms with E-state index in [1.54, 1.807) is 38.5 Å². The quantitative estimate of drug-likeness (QED) is 0.166. The molecule has 0 radical (unpaired) electrons. The summed E-state index contributed by atoms with van der Waals surface area (Å²) < 4.78 is 13.4. The predicted molar refractivity (Wildman–Crippen MR) is 178 cm³/mol. The molecule has 9 nitrogen and oxygen atoms in total. The van der Waals surface area contributed by atoms with Crippen LogP contribution in [0.1, 0.15) is 69.6 Å². The number of benzene rings is 3. The second-order valence-electron chi connectivity index (χ2n) is 11.9. The molecule has 0 aliphatic heterocycles. The largest absolute Gasteiger partial charge is 0.496 e. The normalized spacial score (nSPS) is 13.5. The molecule has 1 fully saturated rings. The highest BCUT2D eigenvalue weighted by Gasteiger charge is 2.23. The number of carbonyl (C=O) groups excluding carboxylic acids is 1. The number of carboxylic acids is 1. The van der Waals surface area contributed by atoms with Gasteiger partial charge in [0.05, 0.1) is 25.5 Å². The van der Waals surface area contributed by atoms with Crippen LogP contribution in [0.15, 0.2) is 72.9 Å². The van der Waals surface area contributed by atoms with Crippen LogP contribution in [0.25, 0.3) is 22.2 Å². The van der Waals surface area contributed by atoms with Gasteiger partial charge in [0.1, 0.15) is 17.2 Å². The monoisotopic (exact) mass is 618 g/mol. The summed E-state index contributed by atoms with van der Waals surface area (Å²) in [5, 5.41) is 13.2. The summed E-state index contributed by atoms with van der Waals surface area (Å²) in [6.07, 6.45) is 8.77. The summed E-state index contributed by atoms with van der Waals surface area (Å²) >= 11 is 0. The number of aryl methyl sites for hydroxylation is 1. The van der Waals surface area contributed by atoms with Gasteiger partial charge in [-0.2, -0.15) is 0 Å². The van der Waals surface area contributed by atoms with Gasteiger partial charge in [0.15, 0.2) is 0 Å². The Labute approximate surface area is 268 Å². The molecule has 0 spiro atoms. The molecule has 9 heteroatoms. The van der Waals surface area contributed by atoms with E-state index < -0.39 is 5.97 Å². The number of nitrogens with zero attached hydrogens (tertiary/aromatic N) is 3. The Morgan fingerprint density at radius 1 is 0.957 bits per heavy atom. The Bertz CT molecular complexity index is 1890. The van der Waals surface area contributed by atoms with E-state index in [-0.39, 0.29) is 17.4 Å². The van der Waals surface area contributed by atoms with Crippen molar-refractivity contribution in [1.82, 2.24) is 14.5 Å². The van der Waals surface area contributed by atoms with Gasteiger partial charge in [-0.3, -0.25) is 10.1 Å². The average Bonchev–Trinajstić information content (AvgIpc) is 3.44. The maximum absolute atomic E-state index is 13.9. The average molecular weight is 619 g/mol. The molecule has 236 valence electrons. The van der Waals surface area contributed by atoms with Gasteiger partial charge in [0.2, 0.25) is 5.95 Å². The van der Waals surface area contributed by atoms with Crippen molar-refractivity contribution in [3.8, 4) is 22.8 Å². The van der Waals surface area contributed by atoms with E-state index in [0.29, 0.717) is 29.6 Å². The highest BCUT2D eigenvalue weighted by atomic mass is 16.5. The number of aromatic nitrogens is 3. The van der Waals surface area contributed by atoms with Crippen molar-refractivity contribution in [3.63, 3.8) is 0 Å². The molecule has 0 saturated heterocycles. The topological polar surface area (TPSA) is 116 Å². The van der Waals surface area contributed by atoms with Crippen molar-refractivity contribution in [2.75, 3.05) is 19.5 Å². The Balaban J connectivity index is 1.37. The van der Waals surface area contributed by atoms with Crippen LogP contribution in [-0.2, 0) is 13.0 Å². The summed E-state index contributed by atoms with van der Waals surface area (Å²) in [6.45, 7) is 2.35. The van der Waals surface area contributed by atoms with Gasteiger partial charge in [0, 0.05) is 29.2 Å². The van der Waals surface area contributed by atoms with Crippen LogP contribution >= 0.6 is 0 Å². The third-order valence-electron chi connectivity index (χ3n) is 8.88. The number of carboxylic acid groups (broad SMARTS) is 1. The summed E-state index contributed by atoms with van der Waals surface area (Å²) in [6, 6.07) is 20.2. The van der Waals surface area contributed by atoms with Crippen LogP contribution in [0.4, 0.5) is 5.95 Å². The van der Waals surface area contributed by atoms with E-state index in [1.165, 1.54) is 32.1 Å². The molecule has 6 rings (SSSR count). The molecule has 3 aromatic carbocycles. The third kappa shape index (κ3) is 6.44. The molecule has 0 atom stereocenters. The molecule has 5 aromatic rings. The molecule has 2 heterocycles. The first-order valence-electron chi connectivity index (χ1n) is 15.7. The SMILES string of the molecule is COc1cc(-c2nc(NC(=O)c3cc4ccccc4n3Cc3ccc(C(=O)O)cc3)ncc2CC2CCCCC2)c(OC)cc1C. The van der Waals surface area contributed by atoms with E-state index in [2.05, 4.69) is 10.3 Å². The van der Waals surface area contributed by atoms with Gasteiger partial charge in [-0.1, -0.05) is 62.4 Å². The van der Waals surface area contributed by atoms with Crippen LogP contribution in [0.2, 0.25) is 0 Å². The Kier molecular flexibility index (Phi) is 9.01. The zero-order valence-corrected chi connectivity index (χ0v) is 26.4. The van der Waals surface area contributed by atoms with Crippen molar-refractivity contribution in [3.05, 3.63) is 101 Å². The number of methoxy groups -OCH3 is 2. The lowest BCUT2D eigenvalue weighted by molar-refractivity contribution is 0.0696. The molecule has 1 saturated carbocycles. The summed E-state index contributed by atoms with van der Waals surface area (Å²) in [5.74, 6) is 0.811.